The van der Waals surface area contributed by atoms with Crippen molar-refractivity contribution in [3.8, 4) is 5.75 Å². The van der Waals surface area contributed by atoms with Crippen molar-refractivity contribution < 1.29 is 9.53 Å². The van der Waals surface area contributed by atoms with Crippen molar-refractivity contribution in [3.05, 3.63) is 95.1 Å². The van der Waals surface area contributed by atoms with Crippen LogP contribution in [0.5, 0.6) is 5.75 Å². The molecule has 0 saturated heterocycles. The maximum Gasteiger partial charge on any atom is 0.322 e. The first-order valence-electron chi connectivity index (χ1n) is 10.1. The fourth-order valence-corrected chi connectivity index (χ4v) is 3.93. The van der Waals surface area contributed by atoms with Crippen molar-refractivity contribution in [3.63, 3.8) is 0 Å². The number of ether oxygens (including phenoxy) is 1. The van der Waals surface area contributed by atoms with E-state index in [2.05, 4.69) is 54.7 Å². The number of nitrogens with zero attached hydrogens (tertiary/aromatic N) is 1. The van der Waals surface area contributed by atoms with E-state index in [9.17, 15) is 4.79 Å². The van der Waals surface area contributed by atoms with Crippen LogP contribution in [-0.4, -0.2) is 24.1 Å². The second kappa shape index (κ2) is 8.39. The molecule has 2 amide bonds. The first kappa shape index (κ1) is 19.1. The van der Waals surface area contributed by atoms with E-state index in [1.165, 1.54) is 16.7 Å². The van der Waals surface area contributed by atoms with Crippen molar-refractivity contribution in [1.82, 2.24) is 4.90 Å². The molecule has 0 saturated carbocycles. The number of fused-ring (bicyclic) bond motifs is 1. The molecule has 4 nitrogen and oxygen atoms in total. The zero-order valence-corrected chi connectivity index (χ0v) is 16.9. The molecular formula is C25H26N2O2. The monoisotopic (exact) mass is 386 g/mol. The summed E-state index contributed by atoms with van der Waals surface area (Å²) in [6, 6.07) is 24.2. The number of hydrogen-bond acceptors (Lipinski definition) is 2. The van der Waals surface area contributed by atoms with Crippen LogP contribution in [0.3, 0.4) is 0 Å². The van der Waals surface area contributed by atoms with Crippen LogP contribution >= 0.6 is 0 Å². The Bertz CT molecular complexity index is 998. The van der Waals surface area contributed by atoms with E-state index in [0.29, 0.717) is 24.6 Å². The van der Waals surface area contributed by atoms with Gasteiger partial charge in [-0.2, -0.15) is 0 Å². The normalized spacial score (nSPS) is 15.5. The second-order valence-electron chi connectivity index (χ2n) is 7.31. The Balaban J connectivity index is 1.68. The van der Waals surface area contributed by atoms with Crippen LogP contribution in [0.15, 0.2) is 72.8 Å². The molecule has 0 aromatic heterocycles. The molecule has 3 aromatic rings. The highest BCUT2D eigenvalue weighted by atomic mass is 16.5. The number of benzene rings is 3. The van der Waals surface area contributed by atoms with Crippen molar-refractivity contribution in [2.45, 2.75) is 26.3 Å². The number of carbonyl (C=O) groups is 1. The summed E-state index contributed by atoms with van der Waals surface area (Å²) in [5.74, 6) is 0.688. The molecule has 4 heteroatoms. The van der Waals surface area contributed by atoms with Gasteiger partial charge in [0.15, 0.2) is 0 Å². The van der Waals surface area contributed by atoms with Crippen LogP contribution in [0, 0.1) is 6.92 Å². The molecule has 29 heavy (non-hydrogen) atoms. The molecular weight excluding hydrogens is 360 g/mol. The van der Waals surface area contributed by atoms with Gasteiger partial charge in [-0.1, -0.05) is 66.2 Å². The number of para-hydroxylation sites is 2. The molecule has 0 unspecified atom stereocenters. The zero-order chi connectivity index (χ0) is 20.2. The lowest BCUT2D eigenvalue weighted by Gasteiger charge is -2.37. The predicted molar refractivity (Wildman–Crippen MR) is 117 cm³/mol. The van der Waals surface area contributed by atoms with Gasteiger partial charge < -0.3 is 15.0 Å². The maximum atomic E-state index is 13.3. The Morgan fingerprint density at radius 1 is 1.03 bits per heavy atom. The van der Waals surface area contributed by atoms with E-state index in [-0.39, 0.29) is 12.1 Å². The van der Waals surface area contributed by atoms with Gasteiger partial charge in [-0.25, -0.2) is 4.79 Å². The highest BCUT2D eigenvalue weighted by Crippen LogP contribution is 2.36. The summed E-state index contributed by atoms with van der Waals surface area (Å²) in [5.41, 5.74) is 5.52. The number of carbonyl (C=O) groups excluding carboxylic acids is 1. The summed E-state index contributed by atoms with van der Waals surface area (Å²) < 4.78 is 5.67. The number of amides is 2. The maximum absolute atomic E-state index is 13.3. The number of rotatable bonds is 4. The molecule has 0 spiro atoms. The van der Waals surface area contributed by atoms with Crippen LogP contribution in [0.4, 0.5) is 10.5 Å². The Kier molecular flexibility index (Phi) is 5.52. The third kappa shape index (κ3) is 3.97. The standard InChI is InChI=1S/C25H26N2O2/c1-3-29-23-11-7-6-10-22(23)26-25(28)27-17-16-19-8-4-5-9-21(19)24(27)20-14-12-18(2)13-15-20/h4-15,24H,3,16-17H2,1-2H3,(H,26,28)/t24-/m0/s1. The average Bonchev–Trinajstić information content (AvgIpc) is 2.75. The highest BCUT2D eigenvalue weighted by Gasteiger charge is 2.32. The van der Waals surface area contributed by atoms with E-state index in [1.807, 2.05) is 42.2 Å². The van der Waals surface area contributed by atoms with Crippen LogP contribution in [-0.2, 0) is 6.42 Å². The topological polar surface area (TPSA) is 41.6 Å². The summed E-state index contributed by atoms with van der Waals surface area (Å²) in [6.07, 6.45) is 0.846. The highest BCUT2D eigenvalue weighted by molar-refractivity contribution is 5.91. The minimum Gasteiger partial charge on any atom is -0.492 e. The SMILES string of the molecule is CCOc1ccccc1NC(=O)N1CCc2ccccc2[C@@H]1c1ccc(C)cc1. The first-order chi connectivity index (χ1) is 14.2. The summed E-state index contributed by atoms with van der Waals surface area (Å²) in [6.45, 7) is 5.23. The lowest BCUT2D eigenvalue weighted by Crippen LogP contribution is -2.43. The molecule has 0 radical (unpaired) electrons. The summed E-state index contributed by atoms with van der Waals surface area (Å²) in [7, 11) is 0. The predicted octanol–water partition coefficient (Wildman–Crippen LogP) is 5.57. The molecule has 0 fully saturated rings. The lowest BCUT2D eigenvalue weighted by atomic mass is 9.88. The van der Waals surface area contributed by atoms with Gasteiger partial charge >= 0.3 is 6.03 Å². The van der Waals surface area contributed by atoms with Crippen molar-refractivity contribution in [1.29, 1.82) is 0 Å². The summed E-state index contributed by atoms with van der Waals surface area (Å²) in [4.78, 5) is 15.3. The van der Waals surface area contributed by atoms with E-state index in [4.69, 9.17) is 4.74 Å². The number of urea groups is 1. The van der Waals surface area contributed by atoms with Gasteiger partial charge in [0.2, 0.25) is 0 Å². The molecule has 1 heterocycles. The van der Waals surface area contributed by atoms with Crippen LogP contribution in [0.2, 0.25) is 0 Å². The smallest absolute Gasteiger partial charge is 0.322 e. The summed E-state index contributed by atoms with van der Waals surface area (Å²) >= 11 is 0. The fourth-order valence-electron chi connectivity index (χ4n) is 3.93. The van der Waals surface area contributed by atoms with Gasteiger partial charge in [-0.15, -0.1) is 0 Å². The molecule has 1 atom stereocenters. The van der Waals surface area contributed by atoms with E-state index >= 15 is 0 Å². The van der Waals surface area contributed by atoms with E-state index in [0.717, 1.165) is 12.0 Å². The Hall–Kier alpha value is -3.27. The lowest BCUT2D eigenvalue weighted by molar-refractivity contribution is 0.194. The van der Waals surface area contributed by atoms with E-state index < -0.39 is 0 Å². The van der Waals surface area contributed by atoms with Crippen LogP contribution < -0.4 is 10.1 Å². The molecule has 1 N–H and O–H groups in total. The molecule has 1 aliphatic rings. The molecule has 148 valence electrons. The molecule has 0 bridgehead atoms. The molecule has 1 aliphatic heterocycles. The number of nitrogens with one attached hydrogen (secondary N) is 1. The quantitative estimate of drug-likeness (QED) is 0.636. The van der Waals surface area contributed by atoms with Crippen molar-refractivity contribution in [2.24, 2.45) is 0 Å². The number of aryl methyl sites for hydroxylation is 1. The number of anilines is 1. The van der Waals surface area contributed by atoms with Gasteiger partial charge in [0.25, 0.3) is 0 Å². The first-order valence-corrected chi connectivity index (χ1v) is 10.1. The van der Waals surface area contributed by atoms with Crippen molar-refractivity contribution in [2.75, 3.05) is 18.5 Å². The van der Waals surface area contributed by atoms with Crippen molar-refractivity contribution >= 4 is 11.7 Å². The minimum absolute atomic E-state index is 0.111. The van der Waals surface area contributed by atoms with Crippen LogP contribution in [0.25, 0.3) is 0 Å². The zero-order valence-electron chi connectivity index (χ0n) is 16.9. The largest absolute Gasteiger partial charge is 0.492 e. The second-order valence-corrected chi connectivity index (χ2v) is 7.31. The van der Waals surface area contributed by atoms with Crippen LogP contribution in [0.1, 0.15) is 35.2 Å². The Morgan fingerprint density at radius 2 is 1.76 bits per heavy atom. The minimum atomic E-state index is -0.114. The van der Waals surface area contributed by atoms with Gasteiger partial charge in [-0.3, -0.25) is 0 Å². The molecule has 0 aliphatic carbocycles. The summed E-state index contributed by atoms with van der Waals surface area (Å²) in [5, 5.41) is 3.07. The third-order valence-electron chi connectivity index (χ3n) is 5.37. The van der Waals surface area contributed by atoms with Gasteiger partial charge in [0.05, 0.1) is 18.3 Å². The van der Waals surface area contributed by atoms with Gasteiger partial charge in [0, 0.05) is 6.54 Å². The van der Waals surface area contributed by atoms with E-state index in [1.54, 1.807) is 0 Å². The Morgan fingerprint density at radius 3 is 2.55 bits per heavy atom. The fraction of sp³-hybridized carbons (Fsp3) is 0.240. The third-order valence-corrected chi connectivity index (χ3v) is 5.37. The molecule has 3 aromatic carbocycles. The average molecular weight is 386 g/mol. The Labute approximate surface area is 172 Å². The van der Waals surface area contributed by atoms with Gasteiger partial charge in [-0.05, 0) is 49.1 Å². The number of hydrogen-bond donors (Lipinski definition) is 1. The molecule has 4 rings (SSSR count). The van der Waals surface area contributed by atoms with Gasteiger partial charge in [0.1, 0.15) is 5.75 Å².